The number of H-pyrrole nitrogens is 1. The first-order valence-electron chi connectivity index (χ1n) is 8.37. The lowest BCUT2D eigenvalue weighted by atomic mass is 9.92. The number of halogens is 1. The predicted molar refractivity (Wildman–Crippen MR) is 99.2 cm³/mol. The maximum atomic E-state index is 14.9. The molecule has 4 aromatic rings. The van der Waals surface area contributed by atoms with E-state index in [1.165, 1.54) is 12.5 Å². The molecule has 0 atom stereocenters. The van der Waals surface area contributed by atoms with Crippen LogP contribution in [0.25, 0.3) is 33.5 Å². The lowest BCUT2D eigenvalue weighted by Gasteiger charge is -2.12. The summed E-state index contributed by atoms with van der Waals surface area (Å²) in [5, 5.41) is 20.5. The molecule has 134 valence electrons. The van der Waals surface area contributed by atoms with Crippen molar-refractivity contribution >= 4 is 10.9 Å². The monoisotopic (exact) mass is 361 g/mol. The minimum atomic E-state index is -0.360. The Kier molecular flexibility index (Phi) is 4.18. The highest BCUT2D eigenvalue weighted by molar-refractivity contribution is 5.96. The molecular formula is C20H16FN5O. The van der Waals surface area contributed by atoms with Gasteiger partial charge in [-0.15, -0.1) is 0 Å². The van der Waals surface area contributed by atoms with E-state index in [1.807, 2.05) is 20.0 Å². The number of nitriles is 1. The van der Waals surface area contributed by atoms with E-state index in [0.717, 1.165) is 16.5 Å². The van der Waals surface area contributed by atoms with Gasteiger partial charge in [0.25, 0.3) is 0 Å². The zero-order valence-corrected chi connectivity index (χ0v) is 14.8. The largest absolute Gasteiger partial charge is 0.442 e. The number of aromatic amines is 1. The molecule has 4 rings (SSSR count). The summed E-state index contributed by atoms with van der Waals surface area (Å²) < 4.78 is 20.3. The molecular weight excluding hydrogens is 345 g/mol. The van der Waals surface area contributed by atoms with Gasteiger partial charge in [-0.25, -0.2) is 9.37 Å². The second-order valence-electron chi connectivity index (χ2n) is 6.29. The number of hydrogen-bond acceptors (Lipinski definition) is 5. The number of aromatic nitrogens is 3. The van der Waals surface area contributed by atoms with Gasteiger partial charge < -0.3 is 9.73 Å². The smallest absolute Gasteiger partial charge is 0.181 e. The summed E-state index contributed by atoms with van der Waals surface area (Å²) in [5.41, 5.74) is 4.17. The number of rotatable bonds is 4. The normalized spacial score (nSPS) is 11.0. The fourth-order valence-electron chi connectivity index (χ4n) is 3.35. The Balaban J connectivity index is 1.96. The van der Waals surface area contributed by atoms with Crippen molar-refractivity contribution in [3.8, 4) is 28.7 Å². The summed E-state index contributed by atoms with van der Waals surface area (Å²) in [4.78, 5) is 3.92. The van der Waals surface area contributed by atoms with Crippen molar-refractivity contribution in [3.05, 3.63) is 59.4 Å². The quantitative estimate of drug-likeness (QED) is 0.575. The summed E-state index contributed by atoms with van der Waals surface area (Å²) in [7, 11) is 1.81. The molecule has 0 saturated heterocycles. The number of nitrogens with one attached hydrogen (secondary N) is 2. The summed E-state index contributed by atoms with van der Waals surface area (Å²) in [6, 6.07) is 9.04. The first-order chi connectivity index (χ1) is 13.1. The van der Waals surface area contributed by atoms with Crippen LogP contribution in [-0.2, 0) is 6.54 Å². The van der Waals surface area contributed by atoms with Crippen molar-refractivity contribution in [3.63, 3.8) is 0 Å². The van der Waals surface area contributed by atoms with Gasteiger partial charge in [0.1, 0.15) is 11.5 Å². The number of nitrogens with zero attached hydrogens (tertiary/aromatic N) is 3. The van der Waals surface area contributed by atoms with Crippen molar-refractivity contribution < 1.29 is 8.81 Å². The summed E-state index contributed by atoms with van der Waals surface area (Å²) in [6.45, 7) is 2.41. The zero-order chi connectivity index (χ0) is 19.0. The minimum absolute atomic E-state index is 0.360. The number of aryl methyl sites for hydroxylation is 1. The molecule has 0 amide bonds. The molecule has 6 nitrogen and oxygen atoms in total. The van der Waals surface area contributed by atoms with Crippen LogP contribution in [-0.4, -0.2) is 22.2 Å². The molecule has 7 heteroatoms. The van der Waals surface area contributed by atoms with E-state index in [9.17, 15) is 9.65 Å². The third-order valence-corrected chi connectivity index (χ3v) is 4.48. The average Bonchev–Trinajstić information content (AvgIpc) is 3.29. The molecule has 0 radical (unpaired) electrons. The Morgan fingerprint density at radius 2 is 2.15 bits per heavy atom. The Bertz CT molecular complexity index is 1150. The third kappa shape index (κ3) is 2.86. The van der Waals surface area contributed by atoms with Crippen LogP contribution in [0.2, 0.25) is 0 Å². The first-order valence-corrected chi connectivity index (χ1v) is 8.37. The third-order valence-electron chi connectivity index (χ3n) is 4.48. The van der Waals surface area contributed by atoms with Gasteiger partial charge in [-0.05, 0) is 43.3 Å². The molecule has 27 heavy (non-hydrogen) atoms. The second kappa shape index (κ2) is 6.67. The molecule has 0 fully saturated rings. The van der Waals surface area contributed by atoms with Gasteiger partial charge in [0, 0.05) is 23.1 Å². The van der Waals surface area contributed by atoms with E-state index in [0.29, 0.717) is 40.2 Å². The van der Waals surface area contributed by atoms with Crippen LogP contribution in [0, 0.1) is 24.1 Å². The van der Waals surface area contributed by atoms with Gasteiger partial charge >= 0.3 is 0 Å². The number of hydrogen-bond donors (Lipinski definition) is 2. The van der Waals surface area contributed by atoms with E-state index in [2.05, 4.69) is 26.6 Å². The van der Waals surface area contributed by atoms with Crippen molar-refractivity contribution in [1.82, 2.24) is 20.5 Å². The summed E-state index contributed by atoms with van der Waals surface area (Å²) >= 11 is 0. The second-order valence-corrected chi connectivity index (χ2v) is 6.29. The Morgan fingerprint density at radius 1 is 1.30 bits per heavy atom. The van der Waals surface area contributed by atoms with E-state index >= 15 is 0 Å². The van der Waals surface area contributed by atoms with Crippen molar-refractivity contribution in [2.45, 2.75) is 13.5 Å². The highest BCUT2D eigenvalue weighted by Gasteiger charge is 2.19. The van der Waals surface area contributed by atoms with E-state index in [1.54, 1.807) is 18.3 Å². The van der Waals surface area contributed by atoms with Crippen molar-refractivity contribution in [1.29, 1.82) is 5.26 Å². The maximum absolute atomic E-state index is 14.9. The van der Waals surface area contributed by atoms with E-state index < -0.39 is 0 Å². The number of fused-ring (bicyclic) bond motifs is 1. The van der Waals surface area contributed by atoms with Crippen LogP contribution in [0.1, 0.15) is 16.7 Å². The van der Waals surface area contributed by atoms with E-state index in [-0.39, 0.29) is 5.82 Å². The first kappa shape index (κ1) is 16.9. The Labute approximate surface area is 154 Å². The molecule has 0 spiro atoms. The van der Waals surface area contributed by atoms with Gasteiger partial charge in [-0.2, -0.15) is 10.4 Å². The van der Waals surface area contributed by atoms with Crippen LogP contribution in [0.3, 0.4) is 0 Å². The molecule has 0 aliphatic rings. The van der Waals surface area contributed by atoms with Crippen LogP contribution in [0.15, 0.2) is 41.3 Å². The molecule has 0 aliphatic heterocycles. The lowest BCUT2D eigenvalue weighted by Crippen LogP contribution is -2.06. The molecule has 2 aromatic heterocycles. The fraction of sp³-hybridized carbons (Fsp3) is 0.150. The highest BCUT2D eigenvalue weighted by atomic mass is 19.1. The van der Waals surface area contributed by atoms with Crippen molar-refractivity contribution in [2.24, 2.45) is 0 Å². The van der Waals surface area contributed by atoms with Gasteiger partial charge in [0.15, 0.2) is 12.2 Å². The van der Waals surface area contributed by atoms with Crippen molar-refractivity contribution in [2.75, 3.05) is 7.05 Å². The predicted octanol–water partition coefficient (Wildman–Crippen LogP) is 3.92. The van der Waals surface area contributed by atoms with Gasteiger partial charge in [0.2, 0.25) is 0 Å². The maximum Gasteiger partial charge on any atom is 0.181 e. The molecule has 0 saturated carbocycles. The fourth-order valence-corrected chi connectivity index (χ4v) is 3.35. The molecule has 0 aliphatic carbocycles. The van der Waals surface area contributed by atoms with Gasteiger partial charge in [-0.3, -0.25) is 5.10 Å². The molecule has 0 unspecified atom stereocenters. The molecule has 0 bridgehead atoms. The Morgan fingerprint density at radius 3 is 2.81 bits per heavy atom. The van der Waals surface area contributed by atoms with E-state index in [4.69, 9.17) is 4.42 Å². The van der Waals surface area contributed by atoms with Gasteiger partial charge in [-0.1, -0.05) is 6.07 Å². The summed E-state index contributed by atoms with van der Waals surface area (Å²) in [5.74, 6) is 0.138. The van der Waals surface area contributed by atoms with Crippen LogP contribution in [0.5, 0.6) is 0 Å². The standard InChI is InChI=1S/C20H16FN5O/c1-11-3-12(8-23-2)4-16(21)19(11)14-6-15-17(5-13(14)7-22)25-26-20(15)18-9-24-10-27-18/h3-6,9-10,23H,8H2,1-2H3,(H,25,26). The molecule has 2 aromatic carbocycles. The van der Waals surface area contributed by atoms with Crippen LogP contribution in [0.4, 0.5) is 4.39 Å². The zero-order valence-electron chi connectivity index (χ0n) is 14.8. The summed E-state index contributed by atoms with van der Waals surface area (Å²) in [6.07, 6.45) is 2.89. The number of benzene rings is 2. The minimum Gasteiger partial charge on any atom is -0.442 e. The topological polar surface area (TPSA) is 90.5 Å². The molecule has 2 N–H and O–H groups in total. The SMILES string of the molecule is CNCc1cc(C)c(-c2cc3c(-c4cnco4)n[nH]c3cc2C#N)c(F)c1. The van der Waals surface area contributed by atoms with Gasteiger partial charge in [0.05, 0.1) is 23.3 Å². The van der Waals surface area contributed by atoms with Crippen LogP contribution >= 0.6 is 0 Å². The highest BCUT2D eigenvalue weighted by Crippen LogP contribution is 2.35. The molecule has 2 heterocycles. The van der Waals surface area contributed by atoms with Crippen LogP contribution < -0.4 is 5.32 Å². The number of oxazole rings is 1. The average molecular weight is 361 g/mol. The Hall–Kier alpha value is -3.50. The lowest BCUT2D eigenvalue weighted by molar-refractivity contribution is 0.570.